The molecule has 0 saturated carbocycles. The fraction of sp³-hybridized carbons (Fsp3) is 0.222. The summed E-state index contributed by atoms with van der Waals surface area (Å²) in [6.07, 6.45) is 1.77. The van der Waals surface area contributed by atoms with Crippen LogP contribution in [0.15, 0.2) is 11.6 Å². The van der Waals surface area contributed by atoms with Gasteiger partial charge < -0.3 is 4.74 Å². The first-order valence-electron chi connectivity index (χ1n) is 4.32. The first kappa shape index (κ1) is 11.5. The number of nitrogens with zero attached hydrogens (tertiary/aromatic N) is 2. The Kier molecular flexibility index (Phi) is 3.52. The highest BCUT2D eigenvalue weighted by atomic mass is 35.5. The molecule has 0 atom stereocenters. The van der Waals surface area contributed by atoms with Gasteiger partial charge in [-0.05, 0) is 0 Å². The number of ether oxygens (including phenoxy) is 1. The second kappa shape index (κ2) is 4.90. The van der Waals surface area contributed by atoms with Crippen LogP contribution in [0.5, 0.6) is 0 Å². The summed E-state index contributed by atoms with van der Waals surface area (Å²) >= 11 is 8.59. The van der Waals surface area contributed by atoms with Crippen molar-refractivity contribution in [1.29, 1.82) is 0 Å². The van der Waals surface area contributed by atoms with Crippen LogP contribution in [-0.2, 0) is 16.0 Å². The van der Waals surface area contributed by atoms with Crippen LogP contribution in [0.4, 0.5) is 0 Å². The van der Waals surface area contributed by atoms with Crippen molar-refractivity contribution in [3.8, 4) is 10.0 Å². The highest BCUT2D eigenvalue weighted by molar-refractivity contribution is 7.22. The minimum atomic E-state index is -0.297. The summed E-state index contributed by atoms with van der Waals surface area (Å²) in [6.45, 7) is 0. The molecule has 16 heavy (non-hydrogen) atoms. The third-order valence-corrected chi connectivity index (χ3v) is 3.91. The van der Waals surface area contributed by atoms with Gasteiger partial charge in [-0.3, -0.25) is 4.79 Å². The smallest absolute Gasteiger partial charge is 0.311 e. The fourth-order valence-corrected chi connectivity index (χ4v) is 2.83. The van der Waals surface area contributed by atoms with E-state index in [1.54, 1.807) is 6.20 Å². The summed E-state index contributed by atoms with van der Waals surface area (Å²) in [5.41, 5.74) is 0.693. The molecule has 0 radical (unpaired) electrons. The van der Waals surface area contributed by atoms with Gasteiger partial charge in [0.05, 0.1) is 25.4 Å². The van der Waals surface area contributed by atoms with E-state index in [9.17, 15) is 4.79 Å². The quantitative estimate of drug-likeness (QED) is 0.808. The molecule has 2 heterocycles. The van der Waals surface area contributed by atoms with Gasteiger partial charge in [0.15, 0.2) is 10.0 Å². The van der Waals surface area contributed by atoms with Gasteiger partial charge in [-0.2, -0.15) is 0 Å². The Morgan fingerprint density at radius 3 is 3.00 bits per heavy atom. The monoisotopic (exact) mass is 274 g/mol. The molecule has 0 N–H and O–H groups in total. The number of methoxy groups -OCH3 is 1. The van der Waals surface area contributed by atoms with Crippen molar-refractivity contribution >= 4 is 40.2 Å². The van der Waals surface area contributed by atoms with Crippen molar-refractivity contribution < 1.29 is 9.53 Å². The molecule has 0 aromatic carbocycles. The Morgan fingerprint density at radius 1 is 1.56 bits per heavy atom. The summed E-state index contributed by atoms with van der Waals surface area (Å²) in [5, 5.41) is 3.36. The average molecular weight is 275 g/mol. The summed E-state index contributed by atoms with van der Waals surface area (Å²) in [5.74, 6) is -0.297. The molecule has 2 aromatic rings. The number of esters is 1. The average Bonchev–Trinajstić information content (AvgIpc) is 2.87. The maximum Gasteiger partial charge on any atom is 0.311 e. The lowest BCUT2D eigenvalue weighted by atomic mass is 10.3. The number of halogens is 1. The van der Waals surface area contributed by atoms with Gasteiger partial charge >= 0.3 is 5.97 Å². The normalized spacial score (nSPS) is 10.4. The second-order valence-corrected chi connectivity index (χ2v) is 5.39. The second-order valence-electron chi connectivity index (χ2n) is 2.87. The highest BCUT2D eigenvalue weighted by Crippen LogP contribution is 2.30. The van der Waals surface area contributed by atoms with Crippen LogP contribution < -0.4 is 0 Å². The van der Waals surface area contributed by atoms with E-state index in [0.29, 0.717) is 10.0 Å². The molecule has 0 aliphatic carbocycles. The zero-order chi connectivity index (χ0) is 11.5. The lowest BCUT2D eigenvalue weighted by Crippen LogP contribution is -2.04. The predicted octanol–water partition coefficient (Wildman–Crippen LogP) is 2.64. The van der Waals surface area contributed by atoms with Crippen LogP contribution in [0.2, 0.25) is 4.34 Å². The lowest BCUT2D eigenvalue weighted by Gasteiger charge is -1.93. The number of thiazole rings is 2. The van der Waals surface area contributed by atoms with Crippen LogP contribution >= 0.6 is 34.3 Å². The molecule has 2 aromatic heterocycles. The predicted molar refractivity (Wildman–Crippen MR) is 64.0 cm³/mol. The highest BCUT2D eigenvalue weighted by Gasteiger charge is 2.11. The number of aromatic nitrogens is 2. The first-order valence-corrected chi connectivity index (χ1v) is 6.39. The molecule has 0 bridgehead atoms. The topological polar surface area (TPSA) is 52.1 Å². The van der Waals surface area contributed by atoms with E-state index in [1.807, 2.05) is 5.38 Å². The maximum atomic E-state index is 11.0. The molecule has 7 heteroatoms. The minimum Gasteiger partial charge on any atom is -0.469 e. The van der Waals surface area contributed by atoms with E-state index in [2.05, 4.69) is 14.7 Å². The van der Waals surface area contributed by atoms with Crippen LogP contribution in [0.3, 0.4) is 0 Å². The van der Waals surface area contributed by atoms with E-state index in [0.717, 1.165) is 10.0 Å². The minimum absolute atomic E-state index is 0.187. The lowest BCUT2D eigenvalue weighted by molar-refractivity contribution is -0.139. The van der Waals surface area contributed by atoms with E-state index in [-0.39, 0.29) is 12.4 Å². The number of hydrogen-bond acceptors (Lipinski definition) is 6. The number of carbonyl (C=O) groups is 1. The molecular weight excluding hydrogens is 268 g/mol. The van der Waals surface area contributed by atoms with Gasteiger partial charge in [-0.1, -0.05) is 22.9 Å². The van der Waals surface area contributed by atoms with Gasteiger partial charge in [0, 0.05) is 5.38 Å². The molecule has 0 aliphatic heterocycles. The van der Waals surface area contributed by atoms with Crippen LogP contribution in [0.25, 0.3) is 10.0 Å². The number of rotatable bonds is 3. The fourth-order valence-electron chi connectivity index (χ4n) is 1.06. The number of carbonyl (C=O) groups excluding carboxylic acids is 1. The standard InChI is InChI=1S/C9H7ClN2O2S2/c1-14-7(13)2-5-4-15-9(12-5)8-11-3-6(10)16-8/h3-4H,2H2,1H3. The maximum absolute atomic E-state index is 11.0. The number of hydrogen-bond donors (Lipinski definition) is 0. The van der Waals surface area contributed by atoms with Crippen LogP contribution in [0.1, 0.15) is 5.69 Å². The van der Waals surface area contributed by atoms with Crippen molar-refractivity contribution in [3.63, 3.8) is 0 Å². The van der Waals surface area contributed by atoms with Crippen molar-refractivity contribution in [2.75, 3.05) is 7.11 Å². The molecule has 0 aliphatic rings. The SMILES string of the molecule is COC(=O)Cc1csc(-c2ncc(Cl)s2)n1. The summed E-state index contributed by atoms with van der Waals surface area (Å²) in [6, 6.07) is 0. The van der Waals surface area contributed by atoms with Gasteiger partial charge in [-0.15, -0.1) is 11.3 Å². The van der Waals surface area contributed by atoms with Crippen molar-refractivity contribution in [2.45, 2.75) is 6.42 Å². The molecule has 0 fully saturated rings. The first-order chi connectivity index (χ1) is 7.69. The Labute approximate surface area is 105 Å². The summed E-state index contributed by atoms with van der Waals surface area (Å²) in [7, 11) is 1.36. The summed E-state index contributed by atoms with van der Waals surface area (Å²) in [4.78, 5) is 19.4. The molecule has 2 rings (SSSR count). The Morgan fingerprint density at radius 2 is 2.38 bits per heavy atom. The van der Waals surface area contributed by atoms with Gasteiger partial charge in [-0.25, -0.2) is 9.97 Å². The Balaban J connectivity index is 2.16. The molecule has 0 spiro atoms. The van der Waals surface area contributed by atoms with Crippen LogP contribution in [-0.4, -0.2) is 23.0 Å². The third-order valence-electron chi connectivity index (χ3n) is 1.77. The molecule has 0 saturated heterocycles. The zero-order valence-corrected chi connectivity index (χ0v) is 10.7. The molecule has 4 nitrogen and oxygen atoms in total. The van der Waals surface area contributed by atoms with Crippen molar-refractivity contribution in [3.05, 3.63) is 21.6 Å². The Bertz CT molecular complexity index is 509. The van der Waals surface area contributed by atoms with E-state index in [4.69, 9.17) is 11.6 Å². The van der Waals surface area contributed by atoms with Crippen LogP contribution in [0, 0.1) is 0 Å². The molecule has 84 valence electrons. The third kappa shape index (κ3) is 2.58. The molecule has 0 amide bonds. The molecular formula is C9H7ClN2O2S2. The van der Waals surface area contributed by atoms with Gasteiger partial charge in [0.25, 0.3) is 0 Å². The summed E-state index contributed by atoms with van der Waals surface area (Å²) < 4.78 is 5.19. The van der Waals surface area contributed by atoms with E-state index >= 15 is 0 Å². The van der Waals surface area contributed by atoms with E-state index < -0.39 is 0 Å². The van der Waals surface area contributed by atoms with Crippen molar-refractivity contribution in [1.82, 2.24) is 9.97 Å². The van der Waals surface area contributed by atoms with E-state index in [1.165, 1.54) is 29.8 Å². The van der Waals surface area contributed by atoms with Crippen molar-refractivity contribution in [2.24, 2.45) is 0 Å². The largest absolute Gasteiger partial charge is 0.469 e. The van der Waals surface area contributed by atoms with Gasteiger partial charge in [0.1, 0.15) is 4.34 Å². The van der Waals surface area contributed by atoms with Gasteiger partial charge in [0.2, 0.25) is 0 Å². The molecule has 0 unspecified atom stereocenters. The Hall–Kier alpha value is -0.980. The zero-order valence-electron chi connectivity index (χ0n) is 8.27.